The largest absolute Gasteiger partial charge is 0.381 e. The molecule has 1 aliphatic heterocycles. The third-order valence-electron chi connectivity index (χ3n) is 4.02. The first-order chi connectivity index (χ1) is 7.70. The van der Waals surface area contributed by atoms with Crippen molar-refractivity contribution in [2.24, 2.45) is 11.3 Å². The highest BCUT2D eigenvalue weighted by Crippen LogP contribution is 2.35. The lowest BCUT2D eigenvalue weighted by molar-refractivity contribution is 0.141. The molecule has 0 spiro atoms. The van der Waals surface area contributed by atoms with Crippen LogP contribution in [0.2, 0.25) is 0 Å². The molecule has 0 radical (unpaired) electrons. The van der Waals surface area contributed by atoms with Gasteiger partial charge in [-0.3, -0.25) is 0 Å². The van der Waals surface area contributed by atoms with Gasteiger partial charge in [-0.2, -0.15) is 0 Å². The normalized spacial score (nSPS) is 30.2. The van der Waals surface area contributed by atoms with Gasteiger partial charge in [-0.1, -0.05) is 26.7 Å². The van der Waals surface area contributed by atoms with Gasteiger partial charge in [0.05, 0.1) is 6.61 Å². The van der Waals surface area contributed by atoms with E-state index in [1.54, 1.807) is 0 Å². The summed E-state index contributed by atoms with van der Waals surface area (Å²) in [7, 11) is 0. The first kappa shape index (κ1) is 12.4. The van der Waals surface area contributed by atoms with Crippen LogP contribution in [0.5, 0.6) is 0 Å². The van der Waals surface area contributed by atoms with E-state index in [4.69, 9.17) is 4.74 Å². The number of nitrogens with one attached hydrogen (secondary N) is 1. The molecule has 0 amide bonds. The van der Waals surface area contributed by atoms with Crippen molar-refractivity contribution >= 4 is 0 Å². The maximum Gasteiger partial charge on any atom is 0.0535 e. The standard InChI is InChI=1S/C14H27NO/c1-12(2)4-3-7-14(8-9-16-11-14)10-15-13-5-6-13/h12-13,15H,3-11H2,1-2H3. The van der Waals surface area contributed by atoms with Crippen LogP contribution in [-0.2, 0) is 4.74 Å². The number of rotatable bonds is 7. The van der Waals surface area contributed by atoms with Crippen molar-refractivity contribution in [3.63, 3.8) is 0 Å². The summed E-state index contributed by atoms with van der Waals surface area (Å²) in [5.74, 6) is 0.843. The molecule has 1 unspecified atom stereocenters. The summed E-state index contributed by atoms with van der Waals surface area (Å²) in [5.41, 5.74) is 0.470. The molecule has 2 heteroatoms. The molecule has 0 aromatic rings. The maximum absolute atomic E-state index is 5.63. The van der Waals surface area contributed by atoms with E-state index < -0.39 is 0 Å². The lowest BCUT2D eigenvalue weighted by Crippen LogP contribution is -2.36. The third kappa shape index (κ3) is 3.74. The summed E-state index contributed by atoms with van der Waals surface area (Å²) in [4.78, 5) is 0. The zero-order valence-electron chi connectivity index (χ0n) is 10.9. The molecular formula is C14H27NO. The Bertz CT molecular complexity index is 205. The van der Waals surface area contributed by atoms with Crippen LogP contribution in [0.15, 0.2) is 0 Å². The molecule has 2 rings (SSSR count). The molecule has 1 heterocycles. The first-order valence-corrected chi connectivity index (χ1v) is 7.01. The lowest BCUT2D eigenvalue weighted by atomic mass is 9.81. The zero-order valence-corrected chi connectivity index (χ0v) is 10.9. The van der Waals surface area contributed by atoms with Crippen molar-refractivity contribution < 1.29 is 4.74 Å². The summed E-state index contributed by atoms with van der Waals surface area (Å²) >= 11 is 0. The minimum atomic E-state index is 0.470. The van der Waals surface area contributed by atoms with Gasteiger partial charge in [0.2, 0.25) is 0 Å². The van der Waals surface area contributed by atoms with Crippen LogP contribution < -0.4 is 5.32 Å². The van der Waals surface area contributed by atoms with Crippen LogP contribution in [0.1, 0.15) is 52.4 Å². The van der Waals surface area contributed by atoms with Crippen LogP contribution in [0.25, 0.3) is 0 Å². The van der Waals surface area contributed by atoms with Crippen LogP contribution in [0.3, 0.4) is 0 Å². The minimum absolute atomic E-state index is 0.470. The summed E-state index contributed by atoms with van der Waals surface area (Å²) in [5, 5.41) is 3.70. The fourth-order valence-electron chi connectivity index (χ4n) is 2.61. The van der Waals surface area contributed by atoms with Gasteiger partial charge < -0.3 is 10.1 Å². The predicted octanol–water partition coefficient (Wildman–Crippen LogP) is 2.97. The second kappa shape index (κ2) is 5.50. The van der Waals surface area contributed by atoms with E-state index in [9.17, 15) is 0 Å². The molecule has 0 aromatic heterocycles. The molecule has 0 aromatic carbocycles. The SMILES string of the molecule is CC(C)CCCC1(CNC2CC2)CCOC1. The van der Waals surface area contributed by atoms with Gasteiger partial charge in [-0.25, -0.2) is 0 Å². The first-order valence-electron chi connectivity index (χ1n) is 7.01. The molecule has 1 aliphatic carbocycles. The minimum Gasteiger partial charge on any atom is -0.381 e. The topological polar surface area (TPSA) is 21.3 Å². The molecule has 1 atom stereocenters. The second-order valence-electron chi connectivity index (χ2n) is 6.24. The molecule has 2 fully saturated rings. The van der Waals surface area contributed by atoms with Crippen molar-refractivity contribution in [3.8, 4) is 0 Å². The average molecular weight is 225 g/mol. The lowest BCUT2D eigenvalue weighted by Gasteiger charge is -2.28. The molecule has 1 saturated heterocycles. The van der Waals surface area contributed by atoms with Gasteiger partial charge in [-0.05, 0) is 31.6 Å². The monoisotopic (exact) mass is 225 g/mol. The van der Waals surface area contributed by atoms with Crippen molar-refractivity contribution in [2.75, 3.05) is 19.8 Å². The summed E-state index contributed by atoms with van der Waals surface area (Å²) < 4.78 is 5.63. The van der Waals surface area contributed by atoms with Crippen LogP contribution in [0, 0.1) is 11.3 Å². The van der Waals surface area contributed by atoms with Crippen molar-refractivity contribution in [1.29, 1.82) is 0 Å². The maximum atomic E-state index is 5.63. The van der Waals surface area contributed by atoms with Gasteiger partial charge in [0.1, 0.15) is 0 Å². The number of hydrogen-bond donors (Lipinski definition) is 1. The van der Waals surface area contributed by atoms with Crippen LogP contribution in [-0.4, -0.2) is 25.8 Å². The summed E-state index contributed by atoms with van der Waals surface area (Å²) in [6.07, 6.45) is 8.14. The predicted molar refractivity (Wildman–Crippen MR) is 67.6 cm³/mol. The number of hydrogen-bond acceptors (Lipinski definition) is 2. The smallest absolute Gasteiger partial charge is 0.0535 e. The fraction of sp³-hybridized carbons (Fsp3) is 1.00. The molecule has 94 valence electrons. The van der Waals surface area contributed by atoms with Crippen molar-refractivity contribution in [2.45, 2.75) is 58.4 Å². The molecule has 1 saturated carbocycles. The van der Waals surface area contributed by atoms with Crippen LogP contribution in [0.4, 0.5) is 0 Å². The van der Waals surface area contributed by atoms with E-state index >= 15 is 0 Å². The second-order valence-corrected chi connectivity index (χ2v) is 6.24. The van der Waals surface area contributed by atoms with Gasteiger partial charge >= 0.3 is 0 Å². The molecule has 0 bridgehead atoms. The highest BCUT2D eigenvalue weighted by atomic mass is 16.5. The Balaban J connectivity index is 1.72. The van der Waals surface area contributed by atoms with Gasteiger partial charge in [0.15, 0.2) is 0 Å². The summed E-state index contributed by atoms with van der Waals surface area (Å²) in [6.45, 7) is 7.80. The summed E-state index contributed by atoms with van der Waals surface area (Å²) in [6, 6.07) is 0.836. The van der Waals surface area contributed by atoms with E-state index in [1.165, 1.54) is 45.1 Å². The van der Waals surface area contributed by atoms with Crippen molar-refractivity contribution in [3.05, 3.63) is 0 Å². The van der Waals surface area contributed by atoms with E-state index in [0.29, 0.717) is 5.41 Å². The quantitative estimate of drug-likeness (QED) is 0.719. The Morgan fingerprint density at radius 1 is 1.38 bits per heavy atom. The fourth-order valence-corrected chi connectivity index (χ4v) is 2.61. The van der Waals surface area contributed by atoms with Gasteiger partial charge in [-0.15, -0.1) is 0 Å². The van der Waals surface area contributed by atoms with Crippen molar-refractivity contribution in [1.82, 2.24) is 5.32 Å². The number of ether oxygens (including phenoxy) is 1. The molecule has 2 nitrogen and oxygen atoms in total. The Kier molecular flexibility index (Phi) is 4.26. The van der Waals surface area contributed by atoms with E-state index in [1.807, 2.05) is 0 Å². The zero-order chi connectivity index (χ0) is 11.4. The molecule has 1 N–H and O–H groups in total. The van der Waals surface area contributed by atoms with Gasteiger partial charge in [0, 0.05) is 24.6 Å². The average Bonchev–Trinajstić information content (AvgIpc) is 2.96. The highest BCUT2D eigenvalue weighted by Gasteiger charge is 2.35. The highest BCUT2D eigenvalue weighted by molar-refractivity contribution is 4.89. The molecular weight excluding hydrogens is 198 g/mol. The van der Waals surface area contributed by atoms with Gasteiger partial charge in [0.25, 0.3) is 0 Å². The van der Waals surface area contributed by atoms with E-state index in [-0.39, 0.29) is 0 Å². The Morgan fingerprint density at radius 2 is 2.19 bits per heavy atom. The molecule has 2 aliphatic rings. The third-order valence-corrected chi connectivity index (χ3v) is 4.02. The Hall–Kier alpha value is -0.0800. The van der Waals surface area contributed by atoms with E-state index in [0.717, 1.165) is 25.2 Å². The van der Waals surface area contributed by atoms with E-state index in [2.05, 4.69) is 19.2 Å². The Labute approximate surface area is 100 Å². The molecule has 16 heavy (non-hydrogen) atoms. The van der Waals surface area contributed by atoms with Crippen LogP contribution >= 0.6 is 0 Å². The Morgan fingerprint density at radius 3 is 2.75 bits per heavy atom.